The number of rotatable bonds is 1. The van der Waals surface area contributed by atoms with E-state index in [0.29, 0.717) is 0 Å². The monoisotopic (exact) mass is 239 g/mol. The second-order valence-corrected chi connectivity index (χ2v) is 4.10. The van der Waals surface area contributed by atoms with Gasteiger partial charge in [0.05, 0.1) is 0 Å². The fourth-order valence-corrected chi connectivity index (χ4v) is 1.71. The Bertz CT molecular complexity index is 459. The van der Waals surface area contributed by atoms with Gasteiger partial charge in [-0.1, -0.05) is 48.6 Å². The third kappa shape index (κ3) is 2.26. The van der Waals surface area contributed by atoms with Gasteiger partial charge in [0.25, 0.3) is 0 Å². The molecule has 2 N–H and O–H groups in total. The first kappa shape index (κ1) is 11.9. The molecule has 0 heterocycles. The highest BCUT2D eigenvalue weighted by Gasteiger charge is 2.50. The first-order valence-electron chi connectivity index (χ1n) is 5.23. The molecular weight excluding hydrogens is 227 g/mol. The van der Waals surface area contributed by atoms with Gasteiger partial charge in [0.1, 0.15) is 5.54 Å². The van der Waals surface area contributed by atoms with Crippen molar-refractivity contribution in [3.8, 4) is 0 Å². The van der Waals surface area contributed by atoms with E-state index in [0.717, 1.165) is 17.2 Å². The molecule has 0 aliphatic heterocycles. The summed E-state index contributed by atoms with van der Waals surface area (Å²) in [4.78, 5) is 0. The van der Waals surface area contributed by atoms with Crippen molar-refractivity contribution in [3.05, 3.63) is 54.1 Å². The van der Waals surface area contributed by atoms with Crippen molar-refractivity contribution < 1.29 is 13.2 Å². The van der Waals surface area contributed by atoms with Gasteiger partial charge in [0, 0.05) is 0 Å². The van der Waals surface area contributed by atoms with Gasteiger partial charge in [0.15, 0.2) is 0 Å². The zero-order valence-corrected chi connectivity index (χ0v) is 9.04. The number of halogens is 3. The molecule has 1 aliphatic carbocycles. The van der Waals surface area contributed by atoms with Crippen molar-refractivity contribution >= 4 is 5.57 Å². The lowest BCUT2D eigenvalue weighted by atomic mass is 9.87. The third-order valence-electron chi connectivity index (χ3n) is 2.85. The Morgan fingerprint density at radius 1 is 1.12 bits per heavy atom. The minimum absolute atomic E-state index is 0.225. The molecule has 90 valence electrons. The van der Waals surface area contributed by atoms with Gasteiger partial charge in [-0.05, 0) is 17.6 Å². The standard InChI is InChI=1S/C13H12F3N/c14-13(15,16)12(17)8-6-11(7-9-12)10-4-2-1-3-5-10/h1-8H,9,17H2. The first-order chi connectivity index (χ1) is 7.92. The summed E-state index contributed by atoms with van der Waals surface area (Å²) in [5.74, 6) is 0. The van der Waals surface area contributed by atoms with Gasteiger partial charge in [0.2, 0.25) is 0 Å². The van der Waals surface area contributed by atoms with Gasteiger partial charge in [-0.2, -0.15) is 13.2 Å². The van der Waals surface area contributed by atoms with Crippen LogP contribution in [0.4, 0.5) is 13.2 Å². The number of hydrogen-bond donors (Lipinski definition) is 1. The fourth-order valence-electron chi connectivity index (χ4n) is 1.71. The largest absolute Gasteiger partial charge is 0.410 e. The van der Waals surface area contributed by atoms with E-state index in [1.54, 1.807) is 0 Å². The zero-order chi connectivity index (χ0) is 12.5. The summed E-state index contributed by atoms with van der Waals surface area (Å²) in [6, 6.07) is 9.26. The van der Waals surface area contributed by atoms with E-state index in [9.17, 15) is 13.2 Å². The number of nitrogens with two attached hydrogens (primary N) is 1. The van der Waals surface area contributed by atoms with E-state index in [1.807, 2.05) is 30.3 Å². The Hall–Kier alpha value is -1.55. The molecule has 1 aliphatic rings. The summed E-state index contributed by atoms with van der Waals surface area (Å²) in [5, 5.41) is 0. The van der Waals surface area contributed by atoms with E-state index < -0.39 is 11.7 Å². The van der Waals surface area contributed by atoms with Gasteiger partial charge < -0.3 is 5.73 Å². The van der Waals surface area contributed by atoms with Crippen molar-refractivity contribution in [2.75, 3.05) is 0 Å². The van der Waals surface area contributed by atoms with Crippen molar-refractivity contribution in [2.45, 2.75) is 18.1 Å². The molecule has 1 unspecified atom stereocenters. The second-order valence-electron chi connectivity index (χ2n) is 4.10. The van der Waals surface area contributed by atoms with Crippen LogP contribution in [-0.2, 0) is 0 Å². The van der Waals surface area contributed by atoms with E-state index in [2.05, 4.69) is 0 Å². The quantitative estimate of drug-likeness (QED) is 0.799. The molecule has 0 saturated carbocycles. The lowest BCUT2D eigenvalue weighted by Crippen LogP contribution is -2.52. The highest BCUT2D eigenvalue weighted by atomic mass is 19.4. The molecule has 1 aromatic rings. The van der Waals surface area contributed by atoms with Crippen LogP contribution in [0.1, 0.15) is 12.0 Å². The molecule has 1 nitrogen and oxygen atoms in total. The highest BCUT2D eigenvalue weighted by Crippen LogP contribution is 2.36. The molecule has 1 aromatic carbocycles. The molecule has 0 amide bonds. The van der Waals surface area contributed by atoms with Crippen molar-refractivity contribution in [1.82, 2.24) is 0 Å². The van der Waals surface area contributed by atoms with Crippen LogP contribution in [0.5, 0.6) is 0 Å². The summed E-state index contributed by atoms with van der Waals surface area (Å²) in [6.07, 6.45) is -0.635. The summed E-state index contributed by atoms with van der Waals surface area (Å²) >= 11 is 0. The Balaban J connectivity index is 2.23. The van der Waals surface area contributed by atoms with E-state index in [1.165, 1.54) is 12.2 Å². The molecule has 17 heavy (non-hydrogen) atoms. The smallest absolute Gasteiger partial charge is 0.314 e. The van der Waals surface area contributed by atoms with Crippen LogP contribution < -0.4 is 5.73 Å². The van der Waals surface area contributed by atoms with E-state index in [-0.39, 0.29) is 6.42 Å². The molecule has 0 saturated heterocycles. The van der Waals surface area contributed by atoms with Crippen LogP contribution in [0.25, 0.3) is 5.57 Å². The van der Waals surface area contributed by atoms with Crippen molar-refractivity contribution in [3.63, 3.8) is 0 Å². The van der Waals surface area contributed by atoms with Crippen molar-refractivity contribution in [2.24, 2.45) is 5.73 Å². The Morgan fingerprint density at radius 2 is 1.76 bits per heavy atom. The average molecular weight is 239 g/mol. The molecule has 0 radical (unpaired) electrons. The van der Waals surface area contributed by atoms with Crippen LogP contribution in [0.2, 0.25) is 0 Å². The average Bonchev–Trinajstić information content (AvgIpc) is 2.30. The SMILES string of the molecule is NC1(C(F)(F)F)C=CC(c2ccccc2)=CC1. The maximum Gasteiger partial charge on any atom is 0.410 e. The molecule has 4 heteroatoms. The summed E-state index contributed by atoms with van der Waals surface area (Å²) < 4.78 is 37.9. The zero-order valence-electron chi connectivity index (χ0n) is 9.04. The molecule has 0 aromatic heterocycles. The van der Waals surface area contributed by atoms with Crippen LogP contribution in [0.3, 0.4) is 0 Å². The van der Waals surface area contributed by atoms with Crippen LogP contribution in [0.15, 0.2) is 48.6 Å². The second kappa shape index (κ2) is 4.04. The van der Waals surface area contributed by atoms with Gasteiger partial charge in [-0.25, -0.2) is 0 Å². The molecule has 0 spiro atoms. The Kier molecular flexibility index (Phi) is 2.83. The van der Waals surface area contributed by atoms with Gasteiger partial charge >= 0.3 is 6.18 Å². The molecule has 2 rings (SSSR count). The molecular formula is C13H12F3N. The van der Waals surface area contributed by atoms with E-state index in [4.69, 9.17) is 5.73 Å². The Labute approximate surface area is 97.4 Å². The number of benzene rings is 1. The number of hydrogen-bond acceptors (Lipinski definition) is 1. The summed E-state index contributed by atoms with van der Waals surface area (Å²) in [5.41, 5.74) is 4.76. The normalized spacial score (nSPS) is 24.6. The highest BCUT2D eigenvalue weighted by molar-refractivity contribution is 5.75. The van der Waals surface area contributed by atoms with E-state index >= 15 is 0 Å². The maximum atomic E-state index is 12.6. The first-order valence-corrected chi connectivity index (χ1v) is 5.23. The maximum absolute atomic E-state index is 12.6. The minimum Gasteiger partial charge on any atom is -0.314 e. The molecule has 1 atom stereocenters. The predicted molar refractivity (Wildman–Crippen MR) is 61.1 cm³/mol. The third-order valence-corrected chi connectivity index (χ3v) is 2.85. The number of alkyl halides is 3. The van der Waals surface area contributed by atoms with Gasteiger partial charge in [-0.15, -0.1) is 0 Å². The lowest BCUT2D eigenvalue weighted by Gasteiger charge is -2.30. The fraction of sp³-hybridized carbons (Fsp3) is 0.231. The molecule has 0 bridgehead atoms. The molecule has 0 fully saturated rings. The lowest BCUT2D eigenvalue weighted by molar-refractivity contribution is -0.170. The predicted octanol–water partition coefficient (Wildman–Crippen LogP) is 3.29. The summed E-state index contributed by atoms with van der Waals surface area (Å²) in [7, 11) is 0. The van der Waals surface area contributed by atoms with Crippen LogP contribution in [-0.4, -0.2) is 11.7 Å². The van der Waals surface area contributed by atoms with Crippen LogP contribution >= 0.6 is 0 Å². The van der Waals surface area contributed by atoms with Crippen LogP contribution in [0, 0.1) is 0 Å². The van der Waals surface area contributed by atoms with Gasteiger partial charge in [-0.3, -0.25) is 0 Å². The van der Waals surface area contributed by atoms with Crippen molar-refractivity contribution in [1.29, 1.82) is 0 Å². The summed E-state index contributed by atoms with van der Waals surface area (Å²) in [6.45, 7) is 0. The Morgan fingerprint density at radius 3 is 2.24 bits per heavy atom. The minimum atomic E-state index is -4.41. The number of allylic oxidation sites excluding steroid dienone is 2. The topological polar surface area (TPSA) is 26.0 Å².